The van der Waals surface area contributed by atoms with E-state index in [4.69, 9.17) is 5.73 Å². The number of hydrogen-bond donors (Lipinski definition) is 1. The lowest BCUT2D eigenvalue weighted by Crippen LogP contribution is -2.00. The minimum Gasteiger partial charge on any atom is -0.397 e. The summed E-state index contributed by atoms with van der Waals surface area (Å²) in [7, 11) is 0. The molecule has 0 saturated carbocycles. The summed E-state index contributed by atoms with van der Waals surface area (Å²) in [6.45, 7) is 6.06. The molecule has 20 heavy (non-hydrogen) atoms. The van der Waals surface area contributed by atoms with Gasteiger partial charge in [-0.1, -0.05) is 6.07 Å². The molecule has 0 aromatic carbocycles. The fraction of sp³-hybridized carbons (Fsp3) is 0.200. The Morgan fingerprint density at radius 2 is 2.00 bits per heavy atom. The van der Waals surface area contributed by atoms with E-state index < -0.39 is 0 Å². The topological polar surface area (TPSA) is 56.0 Å². The van der Waals surface area contributed by atoms with Crippen LogP contribution >= 0.6 is 22.7 Å². The van der Waals surface area contributed by atoms with E-state index in [2.05, 4.69) is 4.98 Å². The smallest absolute Gasteiger partial charge is 0.215 e. The largest absolute Gasteiger partial charge is 0.397 e. The fourth-order valence-electron chi connectivity index (χ4n) is 2.26. The molecule has 3 nitrogen and oxygen atoms in total. The number of thiophene rings is 2. The lowest BCUT2D eigenvalue weighted by atomic mass is 10.0. The van der Waals surface area contributed by atoms with Crippen LogP contribution in [-0.2, 0) is 0 Å². The van der Waals surface area contributed by atoms with Crippen LogP contribution in [0.5, 0.6) is 0 Å². The van der Waals surface area contributed by atoms with Crippen LogP contribution in [0.4, 0.5) is 5.69 Å². The minimum absolute atomic E-state index is 0.00444. The Kier molecular flexibility index (Phi) is 3.11. The first kappa shape index (κ1) is 13.3. The van der Waals surface area contributed by atoms with Crippen LogP contribution in [0.2, 0.25) is 0 Å². The number of rotatable bonds is 2. The van der Waals surface area contributed by atoms with Crippen LogP contribution in [0, 0.1) is 20.8 Å². The van der Waals surface area contributed by atoms with Gasteiger partial charge >= 0.3 is 0 Å². The highest BCUT2D eigenvalue weighted by molar-refractivity contribution is 7.22. The number of carbonyl (C=O) groups is 1. The van der Waals surface area contributed by atoms with Crippen LogP contribution in [0.3, 0.4) is 0 Å². The van der Waals surface area contributed by atoms with Gasteiger partial charge in [-0.25, -0.2) is 4.98 Å². The molecule has 3 aromatic heterocycles. The fourth-order valence-corrected chi connectivity index (χ4v) is 4.15. The van der Waals surface area contributed by atoms with E-state index in [-0.39, 0.29) is 5.78 Å². The number of carbonyl (C=O) groups excluding carboxylic acids is 1. The Morgan fingerprint density at radius 1 is 1.25 bits per heavy atom. The molecule has 0 aliphatic heterocycles. The molecule has 0 aliphatic rings. The van der Waals surface area contributed by atoms with Crippen molar-refractivity contribution in [2.45, 2.75) is 20.8 Å². The molecule has 0 atom stereocenters. The zero-order valence-corrected chi connectivity index (χ0v) is 13.1. The van der Waals surface area contributed by atoms with Gasteiger partial charge in [-0.05, 0) is 43.3 Å². The molecule has 0 bridgehead atoms. The van der Waals surface area contributed by atoms with Crippen molar-refractivity contribution in [3.8, 4) is 0 Å². The predicted molar refractivity (Wildman–Crippen MR) is 86.0 cm³/mol. The summed E-state index contributed by atoms with van der Waals surface area (Å²) in [5, 5.41) is 2.83. The maximum atomic E-state index is 12.5. The van der Waals surface area contributed by atoms with Gasteiger partial charge in [0.1, 0.15) is 9.71 Å². The van der Waals surface area contributed by atoms with E-state index in [9.17, 15) is 4.79 Å². The molecule has 3 rings (SSSR count). The van der Waals surface area contributed by atoms with Gasteiger partial charge in [-0.2, -0.15) is 0 Å². The predicted octanol–water partition coefficient (Wildman–Crippen LogP) is 4.10. The van der Waals surface area contributed by atoms with Crippen LogP contribution in [0.1, 0.15) is 31.4 Å². The van der Waals surface area contributed by atoms with E-state index in [1.165, 1.54) is 22.7 Å². The van der Waals surface area contributed by atoms with Crippen molar-refractivity contribution in [1.82, 2.24) is 4.98 Å². The molecule has 2 N–H and O–H groups in total. The molecule has 3 aromatic rings. The lowest BCUT2D eigenvalue weighted by molar-refractivity contribution is 0.104. The molecule has 5 heteroatoms. The summed E-state index contributed by atoms with van der Waals surface area (Å²) in [5.74, 6) is -0.00444. The number of ketones is 1. The van der Waals surface area contributed by atoms with E-state index in [0.29, 0.717) is 15.4 Å². The summed E-state index contributed by atoms with van der Waals surface area (Å²) in [5.41, 5.74) is 10.0. The first-order valence-corrected chi connectivity index (χ1v) is 7.94. The number of aromatic nitrogens is 1. The first-order chi connectivity index (χ1) is 9.50. The normalized spacial score (nSPS) is 11.2. The van der Waals surface area contributed by atoms with Gasteiger partial charge < -0.3 is 5.73 Å². The third-order valence-corrected chi connectivity index (χ3v) is 5.59. The molecule has 0 saturated heterocycles. The van der Waals surface area contributed by atoms with Gasteiger partial charge in [0.15, 0.2) is 0 Å². The number of nitrogen functional groups attached to an aromatic ring is 1. The molecule has 0 unspecified atom stereocenters. The summed E-state index contributed by atoms with van der Waals surface area (Å²) in [6, 6.07) is 3.70. The van der Waals surface area contributed by atoms with Gasteiger partial charge in [0.05, 0.1) is 10.6 Å². The second-order valence-electron chi connectivity index (χ2n) is 4.78. The third kappa shape index (κ3) is 1.85. The molecular weight excluding hydrogens is 288 g/mol. The van der Waals surface area contributed by atoms with Crippen molar-refractivity contribution in [3.63, 3.8) is 0 Å². The van der Waals surface area contributed by atoms with Crippen LogP contribution in [-0.4, -0.2) is 10.8 Å². The monoisotopic (exact) mass is 302 g/mol. The molecule has 0 spiro atoms. The number of fused-ring (bicyclic) bond motifs is 1. The molecule has 0 fully saturated rings. The number of aryl methyl sites for hydroxylation is 2. The first-order valence-electron chi connectivity index (χ1n) is 6.24. The Bertz CT molecular complexity index is 816. The highest BCUT2D eigenvalue weighted by atomic mass is 32.1. The maximum Gasteiger partial charge on any atom is 0.215 e. The quantitative estimate of drug-likeness (QED) is 0.725. The van der Waals surface area contributed by atoms with Crippen molar-refractivity contribution >= 4 is 44.4 Å². The van der Waals surface area contributed by atoms with Crippen molar-refractivity contribution in [3.05, 3.63) is 44.1 Å². The Balaban J connectivity index is 2.27. The SMILES string of the molecule is Cc1nc2sc(C(=O)c3cccs3)c(N)c2c(C)c1C. The van der Waals surface area contributed by atoms with Gasteiger partial charge in [-0.15, -0.1) is 22.7 Å². The molecule has 0 aliphatic carbocycles. The zero-order chi connectivity index (χ0) is 14.4. The number of hydrogen-bond acceptors (Lipinski definition) is 5. The summed E-state index contributed by atoms with van der Waals surface area (Å²) < 4.78 is 0. The highest BCUT2D eigenvalue weighted by Crippen LogP contribution is 2.37. The molecule has 0 amide bonds. The zero-order valence-electron chi connectivity index (χ0n) is 11.5. The van der Waals surface area contributed by atoms with Crippen molar-refractivity contribution in [2.24, 2.45) is 0 Å². The standard InChI is InChI=1S/C15H14N2OS2/c1-7-8(2)11-12(16)14(20-15(11)17-9(7)3)13(18)10-5-4-6-19-10/h4-6H,16H2,1-3H3. The van der Waals surface area contributed by atoms with Crippen molar-refractivity contribution in [1.29, 1.82) is 0 Å². The highest BCUT2D eigenvalue weighted by Gasteiger charge is 2.21. The maximum absolute atomic E-state index is 12.5. The number of pyridine rings is 1. The van der Waals surface area contributed by atoms with E-state index in [1.54, 1.807) is 0 Å². The summed E-state index contributed by atoms with van der Waals surface area (Å²) >= 11 is 2.82. The van der Waals surface area contributed by atoms with Crippen LogP contribution < -0.4 is 5.73 Å². The Labute approximate surface area is 125 Å². The van der Waals surface area contributed by atoms with Crippen LogP contribution in [0.25, 0.3) is 10.2 Å². The molecular formula is C15H14N2OS2. The van der Waals surface area contributed by atoms with Crippen molar-refractivity contribution < 1.29 is 4.79 Å². The number of nitrogens with two attached hydrogens (primary N) is 1. The number of anilines is 1. The molecule has 3 heterocycles. The Hall–Kier alpha value is -1.72. The minimum atomic E-state index is -0.00444. The number of nitrogens with zero attached hydrogens (tertiary/aromatic N) is 1. The second kappa shape index (κ2) is 4.68. The third-order valence-electron chi connectivity index (χ3n) is 3.63. The second-order valence-corrected chi connectivity index (χ2v) is 6.73. The van der Waals surface area contributed by atoms with Crippen LogP contribution in [0.15, 0.2) is 17.5 Å². The lowest BCUT2D eigenvalue weighted by Gasteiger charge is -2.05. The van der Waals surface area contributed by atoms with E-state index in [1.807, 2.05) is 38.3 Å². The van der Waals surface area contributed by atoms with E-state index in [0.717, 1.165) is 27.0 Å². The summed E-state index contributed by atoms with van der Waals surface area (Å²) in [4.78, 5) is 19.2. The van der Waals surface area contributed by atoms with Gasteiger partial charge in [0.2, 0.25) is 5.78 Å². The van der Waals surface area contributed by atoms with E-state index >= 15 is 0 Å². The molecule has 0 radical (unpaired) electrons. The van der Waals surface area contributed by atoms with Gasteiger partial charge in [0.25, 0.3) is 0 Å². The van der Waals surface area contributed by atoms with Crippen molar-refractivity contribution in [2.75, 3.05) is 5.73 Å². The average Bonchev–Trinajstić information content (AvgIpc) is 3.04. The van der Waals surface area contributed by atoms with Gasteiger partial charge in [0, 0.05) is 11.1 Å². The summed E-state index contributed by atoms with van der Waals surface area (Å²) in [6.07, 6.45) is 0. The average molecular weight is 302 g/mol. The van der Waals surface area contributed by atoms with Gasteiger partial charge in [-0.3, -0.25) is 4.79 Å². The molecule has 102 valence electrons. The Morgan fingerprint density at radius 3 is 2.65 bits per heavy atom.